The first-order valence-corrected chi connectivity index (χ1v) is 3.79. The second-order valence-corrected chi connectivity index (χ2v) is 2.72. The van der Waals surface area contributed by atoms with Crippen LogP contribution in [0.25, 0.3) is 5.78 Å². The summed E-state index contributed by atoms with van der Waals surface area (Å²) < 4.78 is 37.6. The number of nitrogens with zero attached hydrogens (tertiary/aromatic N) is 5. The van der Waals surface area contributed by atoms with Gasteiger partial charge in [0.05, 0.1) is 0 Å². The van der Waals surface area contributed by atoms with Gasteiger partial charge in [0.2, 0.25) is 0 Å². The maximum absolute atomic E-state index is 12.3. The SMILES string of the molecule is O=C(O)c1cc(C(F)(F)F)nc2nnnn12. The van der Waals surface area contributed by atoms with Gasteiger partial charge in [-0.05, 0) is 10.4 Å². The lowest BCUT2D eigenvalue weighted by Gasteiger charge is -2.06. The van der Waals surface area contributed by atoms with Gasteiger partial charge in [-0.2, -0.15) is 17.7 Å². The first-order valence-electron chi connectivity index (χ1n) is 3.79. The molecule has 16 heavy (non-hydrogen) atoms. The fraction of sp³-hybridized carbons (Fsp3) is 0.167. The number of halogens is 3. The lowest BCUT2D eigenvalue weighted by molar-refractivity contribution is -0.141. The summed E-state index contributed by atoms with van der Waals surface area (Å²) >= 11 is 0. The molecule has 0 radical (unpaired) electrons. The third kappa shape index (κ3) is 1.53. The molecule has 0 saturated heterocycles. The summed E-state index contributed by atoms with van der Waals surface area (Å²) in [5.74, 6) is -2.10. The molecule has 1 N–H and O–H groups in total. The van der Waals surface area contributed by atoms with Crippen molar-refractivity contribution in [2.45, 2.75) is 6.18 Å². The quantitative estimate of drug-likeness (QED) is 0.758. The van der Waals surface area contributed by atoms with Crippen molar-refractivity contribution >= 4 is 11.7 Å². The summed E-state index contributed by atoms with van der Waals surface area (Å²) in [6.07, 6.45) is -4.75. The number of hydrogen-bond acceptors (Lipinski definition) is 5. The third-order valence-corrected chi connectivity index (χ3v) is 1.68. The number of aromatic carboxylic acids is 1. The molecule has 0 aromatic carbocycles. The van der Waals surface area contributed by atoms with E-state index in [4.69, 9.17) is 5.11 Å². The Hall–Kier alpha value is -2.26. The molecule has 0 aliphatic rings. The number of aromatic nitrogens is 5. The zero-order valence-electron chi connectivity index (χ0n) is 7.30. The van der Waals surface area contributed by atoms with E-state index in [1.54, 1.807) is 0 Å². The Morgan fingerprint density at radius 1 is 1.44 bits per heavy atom. The van der Waals surface area contributed by atoms with E-state index in [2.05, 4.69) is 20.5 Å². The average molecular weight is 233 g/mol. The van der Waals surface area contributed by atoms with Crippen molar-refractivity contribution in [1.82, 2.24) is 25.0 Å². The van der Waals surface area contributed by atoms with E-state index >= 15 is 0 Å². The van der Waals surface area contributed by atoms with Gasteiger partial charge in [-0.3, -0.25) is 0 Å². The summed E-state index contributed by atoms with van der Waals surface area (Å²) in [6, 6.07) is 0.367. The Morgan fingerprint density at radius 2 is 2.12 bits per heavy atom. The molecular weight excluding hydrogens is 231 g/mol. The van der Waals surface area contributed by atoms with Gasteiger partial charge in [0, 0.05) is 6.07 Å². The van der Waals surface area contributed by atoms with Crippen molar-refractivity contribution in [3.63, 3.8) is 0 Å². The molecule has 0 aliphatic carbocycles. The minimum absolute atomic E-state index is 0.367. The van der Waals surface area contributed by atoms with E-state index < -0.39 is 29.3 Å². The van der Waals surface area contributed by atoms with Gasteiger partial charge in [0.1, 0.15) is 0 Å². The normalized spacial score (nSPS) is 11.9. The second kappa shape index (κ2) is 3.12. The van der Waals surface area contributed by atoms with Crippen LogP contribution in [0.1, 0.15) is 16.2 Å². The number of carboxylic acid groups (broad SMARTS) is 1. The van der Waals surface area contributed by atoms with Crippen LogP contribution in [0.4, 0.5) is 13.2 Å². The summed E-state index contributed by atoms with van der Waals surface area (Å²) in [5.41, 5.74) is -2.06. The average Bonchev–Trinajstić information content (AvgIpc) is 2.61. The lowest BCUT2D eigenvalue weighted by Crippen LogP contribution is -2.15. The van der Waals surface area contributed by atoms with E-state index in [1.165, 1.54) is 0 Å². The van der Waals surface area contributed by atoms with Crippen LogP contribution in [0, 0.1) is 0 Å². The molecule has 0 saturated carbocycles. The van der Waals surface area contributed by atoms with Gasteiger partial charge >= 0.3 is 12.1 Å². The van der Waals surface area contributed by atoms with E-state index in [-0.39, 0.29) is 0 Å². The fourth-order valence-corrected chi connectivity index (χ4v) is 1.04. The van der Waals surface area contributed by atoms with Crippen LogP contribution in [-0.2, 0) is 6.18 Å². The molecule has 0 unspecified atom stereocenters. The highest BCUT2D eigenvalue weighted by Crippen LogP contribution is 2.28. The molecular formula is C6H2F3N5O2. The maximum Gasteiger partial charge on any atom is 0.433 e. The van der Waals surface area contributed by atoms with Gasteiger partial charge in [-0.15, -0.1) is 0 Å². The van der Waals surface area contributed by atoms with E-state index in [9.17, 15) is 18.0 Å². The largest absolute Gasteiger partial charge is 0.477 e. The number of carbonyl (C=O) groups is 1. The van der Waals surface area contributed by atoms with E-state index in [0.717, 1.165) is 0 Å². The minimum atomic E-state index is -4.75. The predicted molar refractivity (Wildman–Crippen MR) is 40.5 cm³/mol. The van der Waals surface area contributed by atoms with Crippen LogP contribution in [0.5, 0.6) is 0 Å². The van der Waals surface area contributed by atoms with Crippen LogP contribution in [-0.4, -0.2) is 36.1 Å². The minimum Gasteiger partial charge on any atom is -0.477 e. The third-order valence-electron chi connectivity index (χ3n) is 1.68. The molecule has 7 nitrogen and oxygen atoms in total. The van der Waals surface area contributed by atoms with Gasteiger partial charge in [-0.1, -0.05) is 5.10 Å². The van der Waals surface area contributed by atoms with Crippen molar-refractivity contribution in [3.05, 3.63) is 17.5 Å². The van der Waals surface area contributed by atoms with Gasteiger partial charge in [-0.25, -0.2) is 9.78 Å². The zero-order chi connectivity index (χ0) is 11.9. The zero-order valence-corrected chi connectivity index (χ0v) is 7.30. The Morgan fingerprint density at radius 3 is 2.69 bits per heavy atom. The monoisotopic (exact) mass is 233 g/mol. The van der Waals surface area contributed by atoms with E-state index in [0.29, 0.717) is 10.6 Å². The van der Waals surface area contributed by atoms with Crippen LogP contribution in [0.15, 0.2) is 6.07 Å². The Labute approximate surface area is 84.5 Å². The van der Waals surface area contributed by atoms with Crippen LogP contribution >= 0.6 is 0 Å². The van der Waals surface area contributed by atoms with Crippen LogP contribution in [0.2, 0.25) is 0 Å². The highest BCUT2D eigenvalue weighted by atomic mass is 19.4. The molecule has 0 fully saturated rings. The molecule has 0 bridgehead atoms. The number of carboxylic acids is 1. The van der Waals surface area contributed by atoms with Crippen molar-refractivity contribution < 1.29 is 23.1 Å². The van der Waals surface area contributed by atoms with Crippen molar-refractivity contribution in [1.29, 1.82) is 0 Å². The Balaban J connectivity index is 2.76. The number of alkyl halides is 3. The van der Waals surface area contributed by atoms with Gasteiger partial charge < -0.3 is 5.11 Å². The van der Waals surface area contributed by atoms with Crippen molar-refractivity contribution in [2.75, 3.05) is 0 Å². The fourth-order valence-electron chi connectivity index (χ4n) is 1.04. The number of hydrogen-bond donors (Lipinski definition) is 1. The van der Waals surface area contributed by atoms with Crippen molar-refractivity contribution in [2.24, 2.45) is 0 Å². The first kappa shape index (κ1) is 10.3. The molecule has 2 heterocycles. The molecule has 84 valence electrons. The van der Waals surface area contributed by atoms with Gasteiger partial charge in [0.25, 0.3) is 5.78 Å². The van der Waals surface area contributed by atoms with E-state index in [1.807, 2.05) is 0 Å². The summed E-state index contributed by atoms with van der Waals surface area (Å²) in [4.78, 5) is 13.8. The topological polar surface area (TPSA) is 93.3 Å². The molecule has 0 aliphatic heterocycles. The molecule has 2 aromatic heterocycles. The smallest absolute Gasteiger partial charge is 0.433 e. The highest BCUT2D eigenvalue weighted by Gasteiger charge is 2.34. The number of rotatable bonds is 1. The number of tetrazole rings is 1. The first-order chi connectivity index (χ1) is 7.39. The van der Waals surface area contributed by atoms with Crippen LogP contribution < -0.4 is 0 Å². The Bertz CT molecular complexity index is 563. The molecule has 0 amide bonds. The molecule has 10 heteroatoms. The molecule has 0 atom stereocenters. The Kier molecular flexibility index (Phi) is 2.00. The molecule has 2 aromatic rings. The predicted octanol–water partition coefficient (Wildman–Crippen LogP) is 0.236. The van der Waals surface area contributed by atoms with Crippen LogP contribution in [0.3, 0.4) is 0 Å². The number of fused-ring (bicyclic) bond motifs is 1. The van der Waals surface area contributed by atoms with Gasteiger partial charge in [0.15, 0.2) is 11.4 Å². The molecule has 0 spiro atoms. The van der Waals surface area contributed by atoms with Crippen molar-refractivity contribution in [3.8, 4) is 0 Å². The summed E-state index contributed by atoms with van der Waals surface area (Å²) in [6.45, 7) is 0. The summed E-state index contributed by atoms with van der Waals surface area (Å²) in [5, 5.41) is 18.1. The maximum atomic E-state index is 12.3. The standard InChI is InChI=1S/C6H2F3N5O2/c7-6(8,9)3-1-2(4(15)16)14-5(10-3)11-12-13-14/h1H,(H,15,16). The molecule has 2 rings (SSSR count). The second-order valence-electron chi connectivity index (χ2n) is 2.72. The highest BCUT2D eigenvalue weighted by molar-refractivity contribution is 5.86. The lowest BCUT2D eigenvalue weighted by atomic mass is 10.3. The summed E-state index contributed by atoms with van der Waals surface area (Å²) in [7, 11) is 0.